The molecule has 0 saturated heterocycles. The Morgan fingerprint density at radius 1 is 1.10 bits per heavy atom. The fourth-order valence-electron chi connectivity index (χ4n) is 1.68. The third-order valence-corrected chi connectivity index (χ3v) is 3.84. The standard InChI is InChI=1S/C14H12Cl3N3O/c1-7-3-10(16)12(5-9(7)15)20-14(21)8-4-11(17)13(18-2)19-6-8/h3-6H,1-2H3,(H,18,19)(H,20,21). The van der Waals surface area contributed by atoms with E-state index < -0.39 is 0 Å². The third kappa shape index (κ3) is 3.59. The predicted octanol–water partition coefficient (Wildman–Crippen LogP) is 4.64. The highest BCUT2D eigenvalue weighted by Crippen LogP contribution is 2.29. The lowest BCUT2D eigenvalue weighted by molar-refractivity contribution is 0.102. The van der Waals surface area contributed by atoms with Crippen molar-refractivity contribution in [1.82, 2.24) is 4.98 Å². The van der Waals surface area contributed by atoms with Crippen LogP contribution in [0.15, 0.2) is 24.4 Å². The Balaban J connectivity index is 2.26. The van der Waals surface area contributed by atoms with Crippen LogP contribution in [0.3, 0.4) is 0 Å². The first-order valence-corrected chi connectivity index (χ1v) is 7.16. The number of carbonyl (C=O) groups is 1. The summed E-state index contributed by atoms with van der Waals surface area (Å²) in [6.45, 7) is 1.83. The Labute approximate surface area is 137 Å². The smallest absolute Gasteiger partial charge is 0.257 e. The number of aryl methyl sites for hydroxylation is 1. The first-order valence-electron chi connectivity index (χ1n) is 6.02. The summed E-state index contributed by atoms with van der Waals surface area (Å²) in [5.74, 6) is 0.138. The van der Waals surface area contributed by atoms with E-state index >= 15 is 0 Å². The quantitative estimate of drug-likeness (QED) is 0.852. The second-order valence-electron chi connectivity index (χ2n) is 4.34. The molecule has 0 unspecified atom stereocenters. The zero-order valence-electron chi connectivity index (χ0n) is 11.3. The van der Waals surface area contributed by atoms with Gasteiger partial charge in [0.2, 0.25) is 0 Å². The Bertz CT molecular complexity index is 704. The molecule has 4 nitrogen and oxygen atoms in total. The van der Waals surface area contributed by atoms with Crippen molar-refractivity contribution in [3.05, 3.63) is 50.6 Å². The molecule has 0 aliphatic carbocycles. The zero-order valence-corrected chi connectivity index (χ0v) is 13.6. The van der Waals surface area contributed by atoms with Gasteiger partial charge >= 0.3 is 0 Å². The second kappa shape index (κ2) is 6.52. The molecule has 21 heavy (non-hydrogen) atoms. The van der Waals surface area contributed by atoms with E-state index in [0.717, 1.165) is 5.56 Å². The van der Waals surface area contributed by atoms with Crippen molar-refractivity contribution in [1.29, 1.82) is 0 Å². The molecule has 0 fully saturated rings. The molecular formula is C14H12Cl3N3O. The first-order chi connectivity index (χ1) is 9.92. The van der Waals surface area contributed by atoms with Crippen LogP contribution < -0.4 is 10.6 Å². The molecule has 0 saturated carbocycles. The number of pyridine rings is 1. The van der Waals surface area contributed by atoms with E-state index in [2.05, 4.69) is 15.6 Å². The summed E-state index contributed by atoms with van der Waals surface area (Å²) in [7, 11) is 1.70. The second-order valence-corrected chi connectivity index (χ2v) is 5.56. The fraction of sp³-hybridized carbons (Fsp3) is 0.143. The summed E-state index contributed by atoms with van der Waals surface area (Å²) in [5, 5.41) is 6.80. The van der Waals surface area contributed by atoms with Crippen molar-refractivity contribution >= 4 is 52.2 Å². The van der Waals surface area contributed by atoms with Gasteiger partial charge in [0.05, 0.1) is 21.3 Å². The van der Waals surface area contributed by atoms with Gasteiger partial charge in [-0.25, -0.2) is 4.98 Å². The maximum atomic E-state index is 12.2. The van der Waals surface area contributed by atoms with E-state index in [1.54, 1.807) is 19.2 Å². The van der Waals surface area contributed by atoms with E-state index in [4.69, 9.17) is 34.8 Å². The van der Waals surface area contributed by atoms with Crippen molar-refractivity contribution in [2.45, 2.75) is 6.92 Å². The van der Waals surface area contributed by atoms with Crippen LogP contribution in [0.4, 0.5) is 11.5 Å². The topological polar surface area (TPSA) is 54.0 Å². The van der Waals surface area contributed by atoms with Gasteiger partial charge in [0, 0.05) is 18.3 Å². The van der Waals surface area contributed by atoms with Crippen LogP contribution >= 0.6 is 34.8 Å². The van der Waals surface area contributed by atoms with Crippen LogP contribution in [0, 0.1) is 6.92 Å². The Kier molecular flexibility index (Phi) is 4.93. The van der Waals surface area contributed by atoms with Crippen LogP contribution in [0.2, 0.25) is 15.1 Å². The predicted molar refractivity (Wildman–Crippen MR) is 87.9 cm³/mol. The van der Waals surface area contributed by atoms with Crippen LogP contribution in [0.5, 0.6) is 0 Å². The normalized spacial score (nSPS) is 10.3. The Morgan fingerprint density at radius 3 is 2.43 bits per heavy atom. The van der Waals surface area contributed by atoms with Gasteiger partial charge in [0.25, 0.3) is 5.91 Å². The molecule has 0 radical (unpaired) electrons. The molecule has 0 spiro atoms. The number of rotatable bonds is 3. The minimum Gasteiger partial charge on any atom is -0.372 e. The molecule has 2 rings (SSSR count). The largest absolute Gasteiger partial charge is 0.372 e. The van der Waals surface area contributed by atoms with Gasteiger partial charge in [-0.05, 0) is 30.7 Å². The van der Waals surface area contributed by atoms with E-state index in [9.17, 15) is 4.79 Å². The first kappa shape index (κ1) is 15.9. The SMILES string of the molecule is CNc1ncc(C(=O)Nc2cc(Cl)c(C)cc2Cl)cc1Cl. The van der Waals surface area contributed by atoms with Gasteiger partial charge in [-0.2, -0.15) is 0 Å². The fourth-order valence-corrected chi connectivity index (χ4v) is 2.37. The van der Waals surface area contributed by atoms with E-state index in [-0.39, 0.29) is 5.91 Å². The average molecular weight is 345 g/mol. The van der Waals surface area contributed by atoms with E-state index in [1.807, 2.05) is 6.92 Å². The third-order valence-electron chi connectivity index (χ3n) is 2.84. The molecule has 1 amide bonds. The molecule has 1 aromatic carbocycles. The van der Waals surface area contributed by atoms with Crippen LogP contribution in [-0.2, 0) is 0 Å². The maximum Gasteiger partial charge on any atom is 0.257 e. The van der Waals surface area contributed by atoms with Gasteiger partial charge in [0.15, 0.2) is 0 Å². The summed E-state index contributed by atoms with van der Waals surface area (Å²) in [5.41, 5.74) is 1.60. The van der Waals surface area contributed by atoms with Gasteiger partial charge < -0.3 is 10.6 Å². The number of halogens is 3. The summed E-state index contributed by atoms with van der Waals surface area (Å²) < 4.78 is 0. The summed E-state index contributed by atoms with van der Waals surface area (Å²) in [4.78, 5) is 16.2. The summed E-state index contributed by atoms with van der Waals surface area (Å²) in [6, 6.07) is 4.82. The molecule has 110 valence electrons. The van der Waals surface area contributed by atoms with Gasteiger partial charge in [-0.3, -0.25) is 4.79 Å². The molecule has 0 aliphatic heterocycles. The zero-order chi connectivity index (χ0) is 15.6. The Hall–Kier alpha value is -1.49. The monoisotopic (exact) mass is 343 g/mol. The molecule has 1 heterocycles. The highest BCUT2D eigenvalue weighted by Gasteiger charge is 2.12. The van der Waals surface area contributed by atoms with Gasteiger partial charge in [-0.15, -0.1) is 0 Å². The maximum absolute atomic E-state index is 12.2. The number of carbonyl (C=O) groups excluding carboxylic acids is 1. The highest BCUT2D eigenvalue weighted by molar-refractivity contribution is 6.36. The Morgan fingerprint density at radius 2 is 1.81 bits per heavy atom. The number of aromatic nitrogens is 1. The highest BCUT2D eigenvalue weighted by atomic mass is 35.5. The number of hydrogen-bond donors (Lipinski definition) is 2. The number of nitrogens with one attached hydrogen (secondary N) is 2. The van der Waals surface area contributed by atoms with Crippen LogP contribution in [0.1, 0.15) is 15.9 Å². The molecule has 2 aromatic rings. The van der Waals surface area contributed by atoms with Gasteiger partial charge in [0.1, 0.15) is 5.82 Å². The number of hydrogen-bond acceptors (Lipinski definition) is 3. The number of amides is 1. The summed E-state index contributed by atoms with van der Waals surface area (Å²) >= 11 is 18.1. The minimum absolute atomic E-state index is 0.326. The van der Waals surface area contributed by atoms with Gasteiger partial charge in [-0.1, -0.05) is 34.8 Å². The molecule has 7 heteroatoms. The van der Waals surface area contributed by atoms with E-state index in [0.29, 0.717) is 32.1 Å². The van der Waals surface area contributed by atoms with E-state index in [1.165, 1.54) is 12.3 Å². The molecular weight excluding hydrogens is 333 g/mol. The average Bonchev–Trinajstić information content (AvgIpc) is 2.44. The summed E-state index contributed by atoms with van der Waals surface area (Å²) in [6.07, 6.45) is 1.43. The molecule has 1 aromatic heterocycles. The lowest BCUT2D eigenvalue weighted by Gasteiger charge is -2.10. The molecule has 2 N–H and O–H groups in total. The minimum atomic E-state index is -0.367. The van der Waals surface area contributed by atoms with Crippen molar-refractivity contribution in [2.75, 3.05) is 17.7 Å². The van der Waals surface area contributed by atoms with Crippen molar-refractivity contribution in [3.8, 4) is 0 Å². The van der Waals surface area contributed by atoms with Crippen molar-refractivity contribution in [2.24, 2.45) is 0 Å². The number of benzene rings is 1. The number of nitrogens with zero attached hydrogens (tertiary/aromatic N) is 1. The lowest BCUT2D eigenvalue weighted by atomic mass is 10.2. The van der Waals surface area contributed by atoms with Crippen molar-refractivity contribution < 1.29 is 4.79 Å². The molecule has 0 bridgehead atoms. The lowest BCUT2D eigenvalue weighted by Crippen LogP contribution is -2.13. The van der Waals surface area contributed by atoms with Crippen LogP contribution in [-0.4, -0.2) is 17.9 Å². The number of anilines is 2. The molecule has 0 atom stereocenters. The van der Waals surface area contributed by atoms with Crippen LogP contribution in [0.25, 0.3) is 0 Å². The van der Waals surface area contributed by atoms with Crippen molar-refractivity contribution in [3.63, 3.8) is 0 Å². The molecule has 0 aliphatic rings.